The molecule has 0 N–H and O–H groups in total. The lowest BCUT2D eigenvalue weighted by Gasteiger charge is -2.18. The van der Waals surface area contributed by atoms with E-state index in [-0.39, 0.29) is 0 Å². The van der Waals surface area contributed by atoms with E-state index in [0.29, 0.717) is 0 Å². The fourth-order valence-electron chi connectivity index (χ4n) is 3.21. The van der Waals surface area contributed by atoms with Crippen molar-refractivity contribution >= 4 is 34.4 Å². The minimum Gasteiger partial charge on any atom is -0.255 e. The van der Waals surface area contributed by atoms with Gasteiger partial charge in [0.2, 0.25) is 0 Å². The highest BCUT2D eigenvalue weighted by atomic mass is 35.5. The van der Waals surface area contributed by atoms with Crippen molar-refractivity contribution in [2.75, 3.05) is 0 Å². The van der Waals surface area contributed by atoms with Gasteiger partial charge in [0.15, 0.2) is 0 Å². The van der Waals surface area contributed by atoms with Crippen molar-refractivity contribution in [2.45, 2.75) is 25.7 Å². The summed E-state index contributed by atoms with van der Waals surface area (Å²) < 4.78 is 0. The van der Waals surface area contributed by atoms with E-state index in [0.717, 1.165) is 40.0 Å². The molecule has 4 rings (SSSR count). The average Bonchev–Trinajstić information content (AvgIpc) is 2.60. The fourth-order valence-corrected chi connectivity index (χ4v) is 3.39. The summed E-state index contributed by atoms with van der Waals surface area (Å²) in [7, 11) is 0. The van der Waals surface area contributed by atoms with Crippen LogP contribution in [0.5, 0.6) is 0 Å². The number of pyridine rings is 1. The van der Waals surface area contributed by atoms with Crippen molar-refractivity contribution < 1.29 is 0 Å². The number of fused-ring (bicyclic) bond motifs is 2. The molecule has 114 valence electrons. The summed E-state index contributed by atoms with van der Waals surface area (Å²) in [6, 6.07) is 16.1. The summed E-state index contributed by atoms with van der Waals surface area (Å²) in [5, 5.41) is 1.85. The molecule has 1 heterocycles. The molecule has 0 atom stereocenters. The summed E-state index contributed by atoms with van der Waals surface area (Å²) in [5.74, 6) is 0. The molecule has 0 aliphatic heterocycles. The normalized spacial score (nSPS) is 14.3. The molecule has 3 aromatic rings. The van der Waals surface area contributed by atoms with E-state index in [1.54, 1.807) is 0 Å². The van der Waals surface area contributed by atoms with Crippen LogP contribution >= 0.6 is 11.6 Å². The van der Waals surface area contributed by atoms with E-state index in [9.17, 15) is 0 Å². The second-order valence-corrected chi connectivity index (χ2v) is 6.30. The van der Waals surface area contributed by atoms with Crippen molar-refractivity contribution in [1.82, 2.24) is 4.98 Å². The maximum Gasteiger partial charge on any atom is 0.0774 e. The maximum atomic E-state index is 6.25. The third-order valence-corrected chi connectivity index (χ3v) is 4.72. The molecule has 0 unspecified atom stereocenters. The van der Waals surface area contributed by atoms with Crippen LogP contribution < -0.4 is 0 Å². The summed E-state index contributed by atoms with van der Waals surface area (Å²) in [5.41, 5.74) is 5.55. The Morgan fingerprint density at radius 3 is 2.65 bits per heavy atom. The van der Waals surface area contributed by atoms with Gasteiger partial charge >= 0.3 is 0 Å². The first kappa shape index (κ1) is 14.4. The van der Waals surface area contributed by atoms with E-state index in [2.05, 4.69) is 12.1 Å². The molecule has 1 aliphatic carbocycles. The fraction of sp³-hybridized carbons (Fsp3) is 0.200. The van der Waals surface area contributed by atoms with Crippen LogP contribution in [0.4, 0.5) is 5.69 Å². The van der Waals surface area contributed by atoms with Crippen molar-refractivity contribution in [3.8, 4) is 0 Å². The first-order valence-electron chi connectivity index (χ1n) is 8.02. The van der Waals surface area contributed by atoms with Crippen LogP contribution in [0.2, 0.25) is 5.02 Å². The molecule has 0 saturated heterocycles. The first-order chi connectivity index (χ1) is 11.3. The second kappa shape index (κ2) is 6.13. The zero-order valence-electron chi connectivity index (χ0n) is 12.8. The number of aryl methyl sites for hydroxylation is 1. The van der Waals surface area contributed by atoms with Crippen LogP contribution in [-0.4, -0.2) is 11.2 Å². The lowest BCUT2D eigenvalue weighted by atomic mass is 9.93. The van der Waals surface area contributed by atoms with E-state index in [4.69, 9.17) is 21.6 Å². The zero-order valence-corrected chi connectivity index (χ0v) is 13.6. The van der Waals surface area contributed by atoms with Crippen LogP contribution in [0.1, 0.15) is 29.7 Å². The third-order valence-electron chi connectivity index (χ3n) is 4.38. The summed E-state index contributed by atoms with van der Waals surface area (Å²) in [4.78, 5) is 9.68. The van der Waals surface area contributed by atoms with Gasteiger partial charge in [-0.1, -0.05) is 48.0 Å². The molecule has 3 heteroatoms. The van der Waals surface area contributed by atoms with E-state index in [1.807, 2.05) is 42.6 Å². The Labute approximate surface area is 140 Å². The highest BCUT2D eigenvalue weighted by Gasteiger charge is 2.17. The van der Waals surface area contributed by atoms with Crippen LogP contribution in [0.15, 0.2) is 53.5 Å². The lowest BCUT2D eigenvalue weighted by Crippen LogP contribution is -2.06. The predicted molar refractivity (Wildman–Crippen MR) is 97.1 cm³/mol. The number of aliphatic imine (C=N–C) groups is 1. The zero-order chi connectivity index (χ0) is 15.6. The predicted octanol–water partition coefficient (Wildman–Crippen LogP) is 5.52. The number of halogens is 1. The Kier molecular flexibility index (Phi) is 3.84. The monoisotopic (exact) mass is 320 g/mol. The first-order valence-corrected chi connectivity index (χ1v) is 8.40. The van der Waals surface area contributed by atoms with Crippen LogP contribution in [0.25, 0.3) is 10.9 Å². The summed E-state index contributed by atoms with van der Waals surface area (Å²) in [6.45, 7) is 0. The molecule has 1 aliphatic rings. The summed E-state index contributed by atoms with van der Waals surface area (Å²) in [6.07, 6.45) is 6.41. The van der Waals surface area contributed by atoms with E-state index in [1.165, 1.54) is 24.1 Å². The van der Waals surface area contributed by atoms with Gasteiger partial charge in [-0.05, 0) is 43.4 Å². The van der Waals surface area contributed by atoms with Crippen molar-refractivity contribution in [3.63, 3.8) is 0 Å². The van der Waals surface area contributed by atoms with Gasteiger partial charge in [-0.2, -0.15) is 0 Å². The number of hydrogen-bond acceptors (Lipinski definition) is 2. The third kappa shape index (κ3) is 2.75. The molecule has 0 bridgehead atoms. The molecular formula is C20H17ClN2. The number of aromatic nitrogens is 1. The standard InChI is InChI=1S/C20H17ClN2/c21-17-10-4-1-7-14(17)13-22-20-15-8-2-5-11-18(15)23-19-12-6-3-9-16(19)20/h1-2,4-5,7-8,10-11,13H,3,6,9,12H2/b22-13+. The molecule has 0 amide bonds. The Bertz CT molecular complexity index is 899. The molecule has 0 radical (unpaired) electrons. The Balaban J connectivity index is 1.89. The van der Waals surface area contributed by atoms with Gasteiger partial charge in [-0.15, -0.1) is 0 Å². The second-order valence-electron chi connectivity index (χ2n) is 5.89. The molecule has 0 saturated carbocycles. The molecule has 2 aromatic carbocycles. The largest absolute Gasteiger partial charge is 0.255 e. The van der Waals surface area contributed by atoms with Gasteiger partial charge < -0.3 is 0 Å². The molecule has 1 aromatic heterocycles. The van der Waals surface area contributed by atoms with Gasteiger partial charge in [-0.25, -0.2) is 0 Å². The minimum atomic E-state index is 0.725. The highest BCUT2D eigenvalue weighted by molar-refractivity contribution is 6.33. The van der Waals surface area contributed by atoms with Gasteiger partial charge in [0, 0.05) is 27.9 Å². The summed E-state index contributed by atoms with van der Waals surface area (Å²) >= 11 is 6.25. The number of rotatable bonds is 2. The smallest absolute Gasteiger partial charge is 0.0774 e. The van der Waals surface area contributed by atoms with Gasteiger partial charge in [-0.3, -0.25) is 9.98 Å². The van der Waals surface area contributed by atoms with Crippen molar-refractivity contribution in [1.29, 1.82) is 0 Å². The lowest BCUT2D eigenvalue weighted by molar-refractivity contribution is 0.672. The number of hydrogen-bond donors (Lipinski definition) is 0. The highest BCUT2D eigenvalue weighted by Crippen LogP contribution is 2.35. The molecular weight excluding hydrogens is 304 g/mol. The van der Waals surface area contributed by atoms with E-state index < -0.39 is 0 Å². The van der Waals surface area contributed by atoms with Gasteiger partial charge in [0.1, 0.15) is 0 Å². The Morgan fingerprint density at radius 2 is 1.74 bits per heavy atom. The molecule has 0 fully saturated rings. The Morgan fingerprint density at radius 1 is 0.957 bits per heavy atom. The molecule has 0 spiro atoms. The minimum absolute atomic E-state index is 0.725. The van der Waals surface area contributed by atoms with Gasteiger partial charge in [0.05, 0.1) is 11.2 Å². The average molecular weight is 321 g/mol. The quantitative estimate of drug-likeness (QED) is 0.571. The number of nitrogens with zero attached hydrogens (tertiary/aromatic N) is 2. The van der Waals surface area contributed by atoms with Crippen LogP contribution in [-0.2, 0) is 12.8 Å². The Hall–Kier alpha value is -2.19. The topological polar surface area (TPSA) is 25.2 Å². The maximum absolute atomic E-state index is 6.25. The van der Waals surface area contributed by atoms with E-state index >= 15 is 0 Å². The van der Waals surface area contributed by atoms with Crippen LogP contribution in [0, 0.1) is 0 Å². The molecule has 2 nitrogen and oxygen atoms in total. The number of para-hydroxylation sites is 1. The van der Waals surface area contributed by atoms with Crippen molar-refractivity contribution in [3.05, 3.63) is 70.4 Å². The molecule has 23 heavy (non-hydrogen) atoms. The SMILES string of the molecule is Clc1ccccc1/C=N/c1c2c(nc3ccccc13)CCCC2. The van der Waals surface area contributed by atoms with Crippen molar-refractivity contribution in [2.24, 2.45) is 4.99 Å². The van der Waals surface area contributed by atoms with Gasteiger partial charge in [0.25, 0.3) is 0 Å². The number of benzene rings is 2. The van der Waals surface area contributed by atoms with Crippen LogP contribution in [0.3, 0.4) is 0 Å².